The summed E-state index contributed by atoms with van der Waals surface area (Å²) in [5.74, 6) is 1.08. The number of alkyl halides is 3. The summed E-state index contributed by atoms with van der Waals surface area (Å²) in [6.45, 7) is 1.27. The summed E-state index contributed by atoms with van der Waals surface area (Å²) in [4.78, 5) is 1.78. The van der Waals surface area contributed by atoms with Gasteiger partial charge >= 0.3 is 0 Å². The first-order chi connectivity index (χ1) is 6.22. The Balaban J connectivity index is 2.19. The Morgan fingerprint density at radius 2 is 2.08 bits per heavy atom. The van der Waals surface area contributed by atoms with E-state index in [-0.39, 0.29) is 6.54 Å². The van der Waals surface area contributed by atoms with E-state index < -0.39 is 6.43 Å². The van der Waals surface area contributed by atoms with Gasteiger partial charge in [-0.25, -0.2) is 8.78 Å². The largest absolute Gasteiger partial charge is 0.296 e. The van der Waals surface area contributed by atoms with Gasteiger partial charge in [-0.15, -0.1) is 11.6 Å². The molecule has 0 heterocycles. The molecule has 0 bridgehead atoms. The van der Waals surface area contributed by atoms with Crippen molar-refractivity contribution in [1.82, 2.24) is 4.90 Å². The molecule has 1 fully saturated rings. The summed E-state index contributed by atoms with van der Waals surface area (Å²) in [5, 5.41) is 0. The molecule has 0 unspecified atom stereocenters. The molecule has 4 heteroatoms. The molecule has 0 aromatic rings. The molecule has 0 amide bonds. The first-order valence-electron chi connectivity index (χ1n) is 4.79. The highest BCUT2D eigenvalue weighted by molar-refractivity contribution is 6.18. The average molecular weight is 212 g/mol. The fourth-order valence-electron chi connectivity index (χ4n) is 1.61. The molecule has 0 aromatic carbocycles. The van der Waals surface area contributed by atoms with Crippen molar-refractivity contribution in [2.24, 2.45) is 5.92 Å². The predicted molar refractivity (Wildman–Crippen MR) is 50.5 cm³/mol. The highest BCUT2D eigenvalue weighted by Crippen LogP contribution is 2.27. The topological polar surface area (TPSA) is 3.24 Å². The van der Waals surface area contributed by atoms with E-state index in [0.717, 1.165) is 6.54 Å². The molecule has 13 heavy (non-hydrogen) atoms. The van der Waals surface area contributed by atoms with Crippen LogP contribution in [-0.2, 0) is 0 Å². The Bertz CT molecular complexity index is 140. The van der Waals surface area contributed by atoms with Crippen molar-refractivity contribution in [3.63, 3.8) is 0 Å². The smallest absolute Gasteiger partial charge is 0.251 e. The summed E-state index contributed by atoms with van der Waals surface area (Å²) < 4.78 is 24.2. The van der Waals surface area contributed by atoms with Crippen LogP contribution in [0.4, 0.5) is 8.78 Å². The molecule has 1 nitrogen and oxygen atoms in total. The lowest BCUT2D eigenvalue weighted by Crippen LogP contribution is -2.37. The van der Waals surface area contributed by atoms with Crippen LogP contribution in [-0.4, -0.2) is 36.8 Å². The zero-order valence-electron chi connectivity index (χ0n) is 7.69. The molecule has 78 valence electrons. The van der Waals surface area contributed by atoms with Crippen LogP contribution >= 0.6 is 11.6 Å². The van der Waals surface area contributed by atoms with E-state index in [1.165, 1.54) is 19.3 Å². The molecule has 0 aromatic heterocycles. The van der Waals surface area contributed by atoms with Gasteiger partial charge in [-0.2, -0.15) is 0 Å². The minimum Gasteiger partial charge on any atom is -0.296 e. The Hall–Kier alpha value is 0.110. The summed E-state index contributed by atoms with van der Waals surface area (Å²) in [6.07, 6.45) is 1.42. The van der Waals surface area contributed by atoms with Crippen LogP contribution in [0.2, 0.25) is 0 Å². The molecule has 0 N–H and O–H groups in total. The third kappa shape index (κ3) is 4.23. The summed E-state index contributed by atoms with van der Waals surface area (Å²) in [5.41, 5.74) is 0. The quantitative estimate of drug-likeness (QED) is 0.611. The van der Waals surface area contributed by atoms with Crippen molar-refractivity contribution < 1.29 is 8.78 Å². The molecule has 1 aliphatic carbocycles. The fourth-order valence-corrected chi connectivity index (χ4v) is 1.85. The van der Waals surface area contributed by atoms with Crippen molar-refractivity contribution in [3.05, 3.63) is 0 Å². The Kier molecular flexibility index (Phi) is 4.96. The highest BCUT2D eigenvalue weighted by atomic mass is 35.5. The van der Waals surface area contributed by atoms with Crippen LogP contribution in [0, 0.1) is 5.92 Å². The summed E-state index contributed by atoms with van der Waals surface area (Å²) in [6, 6.07) is 0. The molecule has 0 saturated heterocycles. The normalized spacial score (nSPS) is 18.2. The second-order valence-electron chi connectivity index (χ2n) is 3.64. The van der Waals surface area contributed by atoms with E-state index >= 15 is 0 Å². The standard InChI is InChI=1S/C9H16ClF2N/c10-4-5-13(7-9(11)12)6-8-2-1-3-8/h8-9H,1-7H2. The van der Waals surface area contributed by atoms with Crippen LogP contribution in [0.15, 0.2) is 0 Å². The van der Waals surface area contributed by atoms with Gasteiger partial charge in [-0.3, -0.25) is 4.90 Å². The number of halogens is 3. The number of rotatable bonds is 6. The molecule has 1 aliphatic rings. The van der Waals surface area contributed by atoms with Gasteiger partial charge in [-0.1, -0.05) is 6.42 Å². The fraction of sp³-hybridized carbons (Fsp3) is 1.00. The van der Waals surface area contributed by atoms with E-state index in [9.17, 15) is 8.78 Å². The maximum atomic E-state index is 12.1. The maximum absolute atomic E-state index is 12.1. The van der Waals surface area contributed by atoms with Gasteiger partial charge < -0.3 is 0 Å². The third-order valence-electron chi connectivity index (χ3n) is 2.54. The number of hydrogen-bond acceptors (Lipinski definition) is 1. The van der Waals surface area contributed by atoms with E-state index in [1.807, 2.05) is 0 Å². The van der Waals surface area contributed by atoms with E-state index in [4.69, 9.17) is 11.6 Å². The lowest BCUT2D eigenvalue weighted by Gasteiger charge is -2.31. The SMILES string of the molecule is FC(F)CN(CCCl)CC1CCC1. The van der Waals surface area contributed by atoms with Gasteiger partial charge in [0.1, 0.15) is 0 Å². The van der Waals surface area contributed by atoms with Gasteiger partial charge in [0, 0.05) is 19.0 Å². The Morgan fingerprint density at radius 3 is 2.46 bits per heavy atom. The van der Waals surface area contributed by atoms with Crippen LogP contribution in [0.3, 0.4) is 0 Å². The molecule has 0 aliphatic heterocycles. The van der Waals surface area contributed by atoms with Gasteiger partial charge in [0.2, 0.25) is 0 Å². The average Bonchev–Trinajstić information content (AvgIpc) is 1.96. The van der Waals surface area contributed by atoms with Crippen molar-refractivity contribution >= 4 is 11.6 Å². The summed E-state index contributed by atoms with van der Waals surface area (Å²) >= 11 is 5.54. The second kappa shape index (κ2) is 5.76. The minimum atomic E-state index is -2.23. The highest BCUT2D eigenvalue weighted by Gasteiger charge is 2.21. The molecule has 0 atom stereocenters. The van der Waals surface area contributed by atoms with E-state index in [1.54, 1.807) is 4.90 Å². The van der Waals surface area contributed by atoms with Gasteiger partial charge in [-0.05, 0) is 18.8 Å². The van der Waals surface area contributed by atoms with Crippen LogP contribution < -0.4 is 0 Å². The maximum Gasteiger partial charge on any atom is 0.251 e. The van der Waals surface area contributed by atoms with E-state index in [0.29, 0.717) is 18.3 Å². The van der Waals surface area contributed by atoms with E-state index in [2.05, 4.69) is 0 Å². The predicted octanol–water partition coefficient (Wildman–Crippen LogP) is 2.59. The zero-order valence-corrected chi connectivity index (χ0v) is 8.44. The Labute approximate surface area is 83.0 Å². The van der Waals surface area contributed by atoms with Crippen molar-refractivity contribution in [2.45, 2.75) is 25.7 Å². The first kappa shape index (κ1) is 11.2. The van der Waals surface area contributed by atoms with Crippen molar-refractivity contribution in [1.29, 1.82) is 0 Å². The van der Waals surface area contributed by atoms with Gasteiger partial charge in [0.15, 0.2) is 0 Å². The molecule has 1 saturated carbocycles. The molecule has 1 rings (SSSR count). The van der Waals surface area contributed by atoms with Crippen LogP contribution in [0.1, 0.15) is 19.3 Å². The Morgan fingerprint density at radius 1 is 1.38 bits per heavy atom. The lowest BCUT2D eigenvalue weighted by molar-refractivity contribution is 0.0741. The van der Waals surface area contributed by atoms with Crippen LogP contribution in [0.5, 0.6) is 0 Å². The van der Waals surface area contributed by atoms with Crippen molar-refractivity contribution in [2.75, 3.05) is 25.5 Å². The van der Waals surface area contributed by atoms with Crippen LogP contribution in [0.25, 0.3) is 0 Å². The minimum absolute atomic E-state index is 0.122. The third-order valence-corrected chi connectivity index (χ3v) is 2.71. The molecule has 0 radical (unpaired) electrons. The molecule has 0 spiro atoms. The summed E-state index contributed by atoms with van der Waals surface area (Å²) in [7, 11) is 0. The molecular formula is C9H16ClF2N. The van der Waals surface area contributed by atoms with Gasteiger partial charge in [0.05, 0.1) is 6.54 Å². The van der Waals surface area contributed by atoms with Gasteiger partial charge in [0.25, 0.3) is 6.43 Å². The van der Waals surface area contributed by atoms with Crippen molar-refractivity contribution in [3.8, 4) is 0 Å². The zero-order chi connectivity index (χ0) is 9.68. The first-order valence-corrected chi connectivity index (χ1v) is 5.32. The molecular weight excluding hydrogens is 196 g/mol. The number of nitrogens with zero attached hydrogens (tertiary/aromatic N) is 1. The lowest BCUT2D eigenvalue weighted by atomic mass is 9.85. The number of hydrogen-bond donors (Lipinski definition) is 0. The monoisotopic (exact) mass is 211 g/mol. The second-order valence-corrected chi connectivity index (χ2v) is 4.01.